The van der Waals surface area contributed by atoms with Crippen LogP contribution in [0.1, 0.15) is 25.3 Å². The number of nitrogens with one attached hydrogen (secondary N) is 2. The summed E-state index contributed by atoms with van der Waals surface area (Å²) in [6, 6.07) is 3.89. The first kappa shape index (κ1) is 26.8. The van der Waals surface area contributed by atoms with Gasteiger partial charge in [0.25, 0.3) is 5.69 Å². The molecule has 0 aliphatic rings. The molecular formula is C19H26N4O8S. The number of nitro groups is 1. The summed E-state index contributed by atoms with van der Waals surface area (Å²) in [4.78, 5) is 57.0. The summed E-state index contributed by atoms with van der Waals surface area (Å²) >= 11 is 1.28. The number of nitrogens with zero attached hydrogens (tertiary/aromatic N) is 1. The lowest BCUT2D eigenvalue weighted by molar-refractivity contribution is -0.384. The van der Waals surface area contributed by atoms with E-state index in [-0.39, 0.29) is 30.9 Å². The lowest BCUT2D eigenvalue weighted by atomic mass is 10.1. The number of nitrogens with two attached hydrogens (primary N) is 1. The van der Waals surface area contributed by atoms with Crippen LogP contribution < -0.4 is 16.4 Å². The Bertz CT molecular complexity index is 818. The van der Waals surface area contributed by atoms with Crippen LogP contribution in [0.2, 0.25) is 0 Å². The number of carbonyl (C=O) groups excluding carboxylic acids is 3. The van der Waals surface area contributed by atoms with Gasteiger partial charge in [0.05, 0.1) is 11.5 Å². The Morgan fingerprint density at radius 3 is 2.47 bits per heavy atom. The number of carboxylic acid groups (broad SMARTS) is 1. The van der Waals surface area contributed by atoms with Crippen LogP contribution in [0.5, 0.6) is 0 Å². The number of thioether (sulfide) groups is 1. The van der Waals surface area contributed by atoms with Crippen molar-refractivity contribution < 1.29 is 33.9 Å². The molecule has 0 aliphatic carbocycles. The average molecular weight is 471 g/mol. The quantitative estimate of drug-likeness (QED) is 0.166. The van der Waals surface area contributed by atoms with Crippen molar-refractivity contribution >= 4 is 41.2 Å². The van der Waals surface area contributed by atoms with E-state index in [1.54, 1.807) is 19.1 Å². The van der Waals surface area contributed by atoms with Crippen LogP contribution in [0.3, 0.4) is 0 Å². The molecule has 5 N–H and O–H groups in total. The largest absolute Gasteiger partial charge is 0.480 e. The fourth-order valence-electron chi connectivity index (χ4n) is 2.40. The fourth-order valence-corrected chi connectivity index (χ4v) is 3.41. The molecule has 32 heavy (non-hydrogen) atoms. The van der Waals surface area contributed by atoms with E-state index in [1.807, 2.05) is 0 Å². The van der Waals surface area contributed by atoms with E-state index in [4.69, 9.17) is 15.6 Å². The molecule has 1 aromatic rings. The van der Waals surface area contributed by atoms with Gasteiger partial charge in [-0.05, 0) is 18.9 Å². The van der Waals surface area contributed by atoms with Crippen molar-refractivity contribution in [1.29, 1.82) is 0 Å². The molecule has 12 nitrogen and oxygen atoms in total. The summed E-state index contributed by atoms with van der Waals surface area (Å²) < 4.78 is 4.77. The predicted molar refractivity (Wildman–Crippen MR) is 116 cm³/mol. The van der Waals surface area contributed by atoms with Crippen molar-refractivity contribution in [1.82, 2.24) is 10.6 Å². The normalized spacial score (nSPS) is 12.3. The third-order valence-electron chi connectivity index (χ3n) is 4.04. The summed E-state index contributed by atoms with van der Waals surface area (Å²) in [6.45, 7) is 1.19. The number of non-ortho nitro benzene ring substituents is 1. The Labute approximate surface area is 188 Å². The molecule has 0 radical (unpaired) electrons. The van der Waals surface area contributed by atoms with Crippen LogP contribution in [0.25, 0.3) is 0 Å². The molecular weight excluding hydrogens is 444 g/mol. The van der Waals surface area contributed by atoms with Gasteiger partial charge in [-0.25, -0.2) is 0 Å². The number of hydrogen-bond acceptors (Lipinski definition) is 9. The second kappa shape index (κ2) is 14.0. The van der Waals surface area contributed by atoms with E-state index in [1.165, 1.54) is 23.9 Å². The molecule has 13 heteroatoms. The number of rotatable bonds is 14. The number of ether oxygens (including phenoxy) is 1. The first-order valence-corrected chi connectivity index (χ1v) is 10.8. The van der Waals surface area contributed by atoms with Crippen molar-refractivity contribution in [3.05, 3.63) is 39.9 Å². The number of hydrogen-bond donors (Lipinski definition) is 4. The van der Waals surface area contributed by atoms with Gasteiger partial charge >= 0.3 is 11.9 Å². The van der Waals surface area contributed by atoms with Crippen LogP contribution in [0.15, 0.2) is 24.3 Å². The van der Waals surface area contributed by atoms with Gasteiger partial charge in [0.2, 0.25) is 11.8 Å². The smallest absolute Gasteiger partial charge is 0.322 e. The number of nitro benzene ring substituents is 1. The molecule has 0 heterocycles. The first-order chi connectivity index (χ1) is 15.1. The molecule has 0 saturated heterocycles. The second-order valence-corrected chi connectivity index (χ2v) is 7.60. The van der Waals surface area contributed by atoms with Gasteiger partial charge in [0.1, 0.15) is 18.6 Å². The molecule has 0 aromatic heterocycles. The van der Waals surface area contributed by atoms with Gasteiger partial charge < -0.3 is 26.2 Å². The topological polar surface area (TPSA) is 191 Å². The minimum Gasteiger partial charge on any atom is -0.480 e. The maximum absolute atomic E-state index is 12.3. The van der Waals surface area contributed by atoms with Crippen molar-refractivity contribution in [3.8, 4) is 0 Å². The maximum Gasteiger partial charge on any atom is 0.322 e. The molecule has 2 amide bonds. The standard InChI is InChI=1S/C19H26N4O8S/c1-2-31-19(28)14(20)7-8-16(24)22-15(18(27)21-9-17(25)26)11-32-10-12-3-5-13(6-4-12)23(29)30/h3-6,14-15H,2,7-11,20H2,1H3,(H,21,27)(H,22,24)(H,25,26). The highest BCUT2D eigenvalue weighted by Gasteiger charge is 2.23. The van der Waals surface area contributed by atoms with Crippen LogP contribution in [-0.4, -0.2) is 64.8 Å². The number of carboxylic acids is 1. The average Bonchev–Trinajstić information content (AvgIpc) is 2.75. The SMILES string of the molecule is CCOC(=O)C(N)CCC(=O)NC(CSCc1ccc([N+](=O)[O-])cc1)C(=O)NCC(=O)O. The van der Waals surface area contributed by atoms with Gasteiger partial charge in [0.15, 0.2) is 0 Å². The molecule has 0 bridgehead atoms. The van der Waals surface area contributed by atoms with E-state index < -0.39 is 47.3 Å². The molecule has 0 fully saturated rings. The Morgan fingerprint density at radius 1 is 1.25 bits per heavy atom. The number of aliphatic carboxylic acids is 1. The van der Waals surface area contributed by atoms with Crippen molar-refractivity contribution in [2.75, 3.05) is 18.9 Å². The van der Waals surface area contributed by atoms with Gasteiger partial charge in [-0.1, -0.05) is 12.1 Å². The Hall–Kier alpha value is -3.19. The zero-order valence-electron chi connectivity index (χ0n) is 17.4. The maximum atomic E-state index is 12.3. The molecule has 0 saturated carbocycles. The van der Waals surface area contributed by atoms with Crippen LogP contribution >= 0.6 is 11.8 Å². The zero-order valence-corrected chi connectivity index (χ0v) is 18.3. The second-order valence-electron chi connectivity index (χ2n) is 6.57. The van der Waals surface area contributed by atoms with Gasteiger partial charge in [0, 0.05) is 30.1 Å². The van der Waals surface area contributed by atoms with Crippen LogP contribution in [0.4, 0.5) is 5.69 Å². The minimum atomic E-state index is -1.23. The highest BCUT2D eigenvalue weighted by atomic mass is 32.2. The van der Waals surface area contributed by atoms with Crippen molar-refractivity contribution in [2.24, 2.45) is 5.73 Å². The van der Waals surface area contributed by atoms with E-state index in [2.05, 4.69) is 10.6 Å². The van der Waals surface area contributed by atoms with Gasteiger partial charge in [-0.15, -0.1) is 0 Å². The third-order valence-corrected chi connectivity index (χ3v) is 5.14. The van der Waals surface area contributed by atoms with Crippen LogP contribution in [-0.2, 0) is 29.7 Å². The Balaban J connectivity index is 2.64. The molecule has 2 unspecified atom stereocenters. The molecule has 1 aromatic carbocycles. The number of carbonyl (C=O) groups is 4. The summed E-state index contributed by atoms with van der Waals surface area (Å²) in [6.07, 6.45) is -0.111. The number of amides is 2. The summed E-state index contributed by atoms with van der Waals surface area (Å²) in [5.41, 5.74) is 6.38. The molecule has 176 valence electrons. The summed E-state index contributed by atoms with van der Waals surface area (Å²) in [7, 11) is 0. The van der Waals surface area contributed by atoms with Crippen molar-refractivity contribution in [3.63, 3.8) is 0 Å². The van der Waals surface area contributed by atoms with Gasteiger partial charge in [-0.2, -0.15) is 11.8 Å². The van der Waals surface area contributed by atoms with E-state index >= 15 is 0 Å². The van der Waals surface area contributed by atoms with Gasteiger partial charge in [-0.3, -0.25) is 29.3 Å². The lowest BCUT2D eigenvalue weighted by Crippen LogP contribution is -2.49. The number of benzene rings is 1. The predicted octanol–water partition coefficient (Wildman–Crippen LogP) is 0.184. The van der Waals surface area contributed by atoms with E-state index in [0.717, 1.165) is 5.56 Å². The van der Waals surface area contributed by atoms with Crippen LogP contribution in [0, 0.1) is 10.1 Å². The molecule has 2 atom stereocenters. The van der Waals surface area contributed by atoms with Crippen molar-refractivity contribution in [2.45, 2.75) is 37.6 Å². The molecule has 0 aliphatic heterocycles. The van der Waals surface area contributed by atoms with E-state index in [9.17, 15) is 29.3 Å². The fraction of sp³-hybridized carbons (Fsp3) is 0.474. The molecule has 0 spiro atoms. The minimum absolute atomic E-state index is 0.0179. The summed E-state index contributed by atoms with van der Waals surface area (Å²) in [5.74, 6) is -2.54. The highest BCUT2D eigenvalue weighted by Crippen LogP contribution is 2.17. The monoisotopic (exact) mass is 470 g/mol. The first-order valence-electron chi connectivity index (χ1n) is 9.66. The molecule has 1 rings (SSSR count). The highest BCUT2D eigenvalue weighted by molar-refractivity contribution is 7.98. The number of esters is 1. The Morgan fingerprint density at radius 2 is 1.91 bits per heavy atom. The summed E-state index contributed by atoms with van der Waals surface area (Å²) in [5, 5.41) is 24.2. The Kier molecular flexibility index (Phi) is 11.7. The van der Waals surface area contributed by atoms with E-state index in [0.29, 0.717) is 5.75 Å². The zero-order chi connectivity index (χ0) is 24.1. The third kappa shape index (κ3) is 10.2. The lowest BCUT2D eigenvalue weighted by Gasteiger charge is -2.18.